The maximum Gasteiger partial charge on any atom is 0.237 e. The highest BCUT2D eigenvalue weighted by Crippen LogP contribution is 2.29. The number of H-pyrrole nitrogens is 1. The number of nitrogens with one attached hydrogen (secondary N) is 2. The number of hydrogen-bond acceptors (Lipinski definition) is 4. The minimum absolute atomic E-state index is 0.0907. The standard InChI is InChI=1S/C25H24N4OS/c1-3-18-13-15-20(16-14-18)23-27-25(29-28-23)31-17(2)24(30)26-22-12-8-7-11-21(22)19-9-5-4-6-10-19/h4-17H,3H2,1-2H3,(H,26,30)(H,27,28,29)/t17-/m0/s1. The van der Waals surface area contributed by atoms with Crippen LogP contribution in [0, 0.1) is 0 Å². The van der Waals surface area contributed by atoms with E-state index < -0.39 is 0 Å². The molecule has 0 radical (unpaired) electrons. The minimum atomic E-state index is -0.352. The minimum Gasteiger partial charge on any atom is -0.325 e. The summed E-state index contributed by atoms with van der Waals surface area (Å²) in [5.74, 6) is 0.610. The van der Waals surface area contributed by atoms with E-state index in [1.807, 2.05) is 73.7 Å². The Kier molecular flexibility index (Phi) is 6.48. The number of hydrogen-bond donors (Lipinski definition) is 2. The molecule has 0 saturated carbocycles. The van der Waals surface area contributed by atoms with Crippen LogP contribution in [-0.4, -0.2) is 26.3 Å². The van der Waals surface area contributed by atoms with E-state index in [4.69, 9.17) is 0 Å². The molecule has 5 nitrogen and oxygen atoms in total. The van der Waals surface area contributed by atoms with Crippen LogP contribution in [0.15, 0.2) is 84.0 Å². The summed E-state index contributed by atoms with van der Waals surface area (Å²) in [5, 5.41) is 10.5. The van der Waals surface area contributed by atoms with E-state index in [2.05, 4.69) is 39.6 Å². The van der Waals surface area contributed by atoms with E-state index in [9.17, 15) is 4.79 Å². The number of aryl methyl sites for hydroxylation is 1. The van der Waals surface area contributed by atoms with Gasteiger partial charge in [0.25, 0.3) is 0 Å². The second-order valence-electron chi connectivity index (χ2n) is 7.18. The number of aromatic nitrogens is 3. The Morgan fingerprint density at radius 1 is 0.968 bits per heavy atom. The van der Waals surface area contributed by atoms with Gasteiger partial charge in [0.05, 0.1) is 5.25 Å². The molecule has 31 heavy (non-hydrogen) atoms. The fourth-order valence-corrected chi connectivity index (χ4v) is 3.96. The topological polar surface area (TPSA) is 70.7 Å². The highest BCUT2D eigenvalue weighted by molar-refractivity contribution is 8.00. The molecule has 6 heteroatoms. The predicted molar refractivity (Wildman–Crippen MR) is 127 cm³/mol. The van der Waals surface area contributed by atoms with Crippen LogP contribution in [0.1, 0.15) is 19.4 Å². The van der Waals surface area contributed by atoms with Gasteiger partial charge in [-0.3, -0.25) is 9.89 Å². The molecule has 3 aromatic carbocycles. The normalized spacial score (nSPS) is 11.8. The first-order valence-corrected chi connectivity index (χ1v) is 11.2. The smallest absolute Gasteiger partial charge is 0.237 e. The van der Waals surface area contributed by atoms with Gasteiger partial charge in [-0.25, -0.2) is 4.98 Å². The van der Waals surface area contributed by atoms with Crippen LogP contribution in [0.2, 0.25) is 0 Å². The molecule has 0 fully saturated rings. The zero-order valence-electron chi connectivity index (χ0n) is 17.5. The van der Waals surface area contributed by atoms with Crippen molar-refractivity contribution in [3.63, 3.8) is 0 Å². The van der Waals surface area contributed by atoms with Crippen molar-refractivity contribution in [3.8, 4) is 22.5 Å². The summed E-state index contributed by atoms with van der Waals surface area (Å²) in [6.07, 6.45) is 0.998. The molecule has 4 aromatic rings. The number of thioether (sulfide) groups is 1. The first-order valence-electron chi connectivity index (χ1n) is 10.3. The number of aromatic amines is 1. The van der Waals surface area contributed by atoms with Crippen LogP contribution >= 0.6 is 11.8 Å². The monoisotopic (exact) mass is 428 g/mol. The molecule has 1 aromatic heterocycles. The van der Waals surface area contributed by atoms with Crippen molar-refractivity contribution >= 4 is 23.4 Å². The summed E-state index contributed by atoms with van der Waals surface area (Å²) in [6, 6.07) is 26.1. The third kappa shape index (κ3) is 5.03. The fraction of sp³-hybridized carbons (Fsp3) is 0.160. The highest BCUT2D eigenvalue weighted by atomic mass is 32.2. The summed E-state index contributed by atoms with van der Waals surface area (Å²) in [5.41, 5.74) is 5.10. The van der Waals surface area contributed by atoms with Gasteiger partial charge in [0.15, 0.2) is 5.82 Å². The summed E-state index contributed by atoms with van der Waals surface area (Å²) in [4.78, 5) is 17.4. The Labute approximate surface area is 186 Å². The molecular weight excluding hydrogens is 404 g/mol. The van der Waals surface area contributed by atoms with Crippen LogP contribution in [0.4, 0.5) is 5.69 Å². The van der Waals surface area contributed by atoms with E-state index in [0.717, 1.165) is 28.8 Å². The average Bonchev–Trinajstić information content (AvgIpc) is 3.28. The molecule has 0 aliphatic carbocycles. The average molecular weight is 429 g/mol. The zero-order chi connectivity index (χ0) is 21.6. The Morgan fingerprint density at radius 2 is 1.68 bits per heavy atom. The summed E-state index contributed by atoms with van der Waals surface area (Å²) < 4.78 is 0. The van der Waals surface area contributed by atoms with Crippen molar-refractivity contribution in [1.29, 1.82) is 0 Å². The van der Waals surface area contributed by atoms with Gasteiger partial charge in [-0.15, -0.1) is 5.10 Å². The number of benzene rings is 3. The fourth-order valence-electron chi connectivity index (χ4n) is 3.23. The van der Waals surface area contributed by atoms with E-state index in [1.165, 1.54) is 17.3 Å². The van der Waals surface area contributed by atoms with Gasteiger partial charge in [-0.05, 0) is 30.5 Å². The molecule has 0 aliphatic rings. The number of nitrogens with zero attached hydrogens (tertiary/aromatic N) is 2. The lowest BCUT2D eigenvalue weighted by atomic mass is 10.0. The number of rotatable bonds is 7. The van der Waals surface area contributed by atoms with Gasteiger partial charge in [0.1, 0.15) is 0 Å². The van der Waals surface area contributed by atoms with Crippen LogP contribution in [-0.2, 0) is 11.2 Å². The van der Waals surface area contributed by atoms with E-state index >= 15 is 0 Å². The SMILES string of the molecule is CCc1ccc(-c2nc(S[C@@H](C)C(=O)Nc3ccccc3-c3ccccc3)n[nH]2)cc1. The maximum atomic E-state index is 12.8. The molecule has 0 aliphatic heterocycles. The number of carbonyl (C=O) groups is 1. The molecule has 1 atom stereocenters. The van der Waals surface area contributed by atoms with Gasteiger partial charge in [-0.1, -0.05) is 91.5 Å². The Balaban J connectivity index is 1.44. The molecule has 156 valence electrons. The van der Waals surface area contributed by atoms with Crippen molar-refractivity contribution in [3.05, 3.63) is 84.4 Å². The first kappa shape index (κ1) is 20.9. The molecule has 2 N–H and O–H groups in total. The quantitative estimate of drug-likeness (QED) is 0.364. The second kappa shape index (κ2) is 9.62. The Bertz CT molecular complexity index is 1160. The lowest BCUT2D eigenvalue weighted by molar-refractivity contribution is -0.115. The first-order chi connectivity index (χ1) is 15.1. The van der Waals surface area contributed by atoms with Crippen molar-refractivity contribution in [2.75, 3.05) is 5.32 Å². The lowest BCUT2D eigenvalue weighted by Crippen LogP contribution is -2.22. The Morgan fingerprint density at radius 3 is 2.42 bits per heavy atom. The third-order valence-electron chi connectivity index (χ3n) is 5.02. The van der Waals surface area contributed by atoms with Gasteiger partial charge in [-0.2, -0.15) is 0 Å². The largest absolute Gasteiger partial charge is 0.325 e. The second-order valence-corrected chi connectivity index (χ2v) is 8.49. The van der Waals surface area contributed by atoms with E-state index in [0.29, 0.717) is 11.0 Å². The zero-order valence-corrected chi connectivity index (χ0v) is 18.3. The summed E-state index contributed by atoms with van der Waals surface area (Å²) in [6.45, 7) is 3.99. The highest BCUT2D eigenvalue weighted by Gasteiger charge is 2.19. The summed E-state index contributed by atoms with van der Waals surface area (Å²) in [7, 11) is 0. The van der Waals surface area contributed by atoms with Crippen molar-refractivity contribution in [2.45, 2.75) is 30.7 Å². The van der Waals surface area contributed by atoms with Crippen molar-refractivity contribution in [1.82, 2.24) is 15.2 Å². The number of amides is 1. The van der Waals surface area contributed by atoms with Gasteiger partial charge < -0.3 is 5.32 Å². The molecule has 0 spiro atoms. The lowest BCUT2D eigenvalue weighted by Gasteiger charge is -2.14. The number of anilines is 1. The van der Waals surface area contributed by atoms with Gasteiger partial charge in [0.2, 0.25) is 11.1 Å². The molecular formula is C25H24N4OS. The van der Waals surface area contributed by atoms with Crippen LogP contribution in [0.5, 0.6) is 0 Å². The van der Waals surface area contributed by atoms with Crippen LogP contribution < -0.4 is 5.32 Å². The predicted octanol–water partition coefficient (Wildman–Crippen LogP) is 5.82. The molecule has 0 bridgehead atoms. The van der Waals surface area contributed by atoms with Gasteiger partial charge in [0, 0.05) is 16.8 Å². The van der Waals surface area contributed by atoms with E-state index in [1.54, 1.807) is 0 Å². The summed E-state index contributed by atoms with van der Waals surface area (Å²) >= 11 is 1.33. The van der Waals surface area contributed by atoms with Crippen LogP contribution in [0.3, 0.4) is 0 Å². The molecule has 1 heterocycles. The van der Waals surface area contributed by atoms with E-state index in [-0.39, 0.29) is 11.2 Å². The van der Waals surface area contributed by atoms with Crippen LogP contribution in [0.25, 0.3) is 22.5 Å². The van der Waals surface area contributed by atoms with Gasteiger partial charge >= 0.3 is 0 Å². The van der Waals surface area contributed by atoms with Crippen molar-refractivity contribution < 1.29 is 4.79 Å². The molecule has 1 amide bonds. The van der Waals surface area contributed by atoms with Crippen molar-refractivity contribution in [2.24, 2.45) is 0 Å². The number of para-hydroxylation sites is 1. The molecule has 4 rings (SSSR count). The third-order valence-corrected chi connectivity index (χ3v) is 5.98. The number of carbonyl (C=O) groups excluding carboxylic acids is 1. The Hall–Kier alpha value is -3.38. The molecule has 0 unspecified atom stereocenters. The molecule has 0 saturated heterocycles. The maximum absolute atomic E-state index is 12.8.